The molecule has 0 aliphatic carbocycles. The van der Waals surface area contributed by atoms with Crippen LogP contribution in [0.3, 0.4) is 0 Å². The second-order valence-corrected chi connectivity index (χ2v) is 16.2. The topological polar surface area (TPSA) is 141 Å². The average molecular weight is 836 g/mol. The van der Waals surface area contributed by atoms with Crippen LogP contribution in [-0.4, -0.2) is 108 Å². The van der Waals surface area contributed by atoms with E-state index in [0.29, 0.717) is 13.1 Å². The van der Waals surface area contributed by atoms with Crippen LogP contribution in [-0.2, 0) is 74.1 Å². The minimum atomic E-state index is -1.23. The van der Waals surface area contributed by atoms with E-state index in [1.807, 2.05) is 131 Å². The Balaban J connectivity index is 1.47. The van der Waals surface area contributed by atoms with Crippen molar-refractivity contribution in [2.75, 3.05) is 52.4 Å². The summed E-state index contributed by atoms with van der Waals surface area (Å²) in [5, 5.41) is 0. The first-order valence-electron chi connectivity index (χ1n) is 20.5. The lowest BCUT2D eigenvalue weighted by Gasteiger charge is -2.45. The third-order valence-corrected chi connectivity index (χ3v) is 9.97. The monoisotopic (exact) mass is 835 g/mol. The molecule has 0 saturated carbocycles. The van der Waals surface area contributed by atoms with Gasteiger partial charge in [0.1, 0.15) is 32.0 Å². The van der Waals surface area contributed by atoms with Gasteiger partial charge in [-0.25, -0.2) is 0 Å². The predicted molar refractivity (Wildman–Crippen MR) is 227 cm³/mol. The van der Waals surface area contributed by atoms with E-state index in [1.165, 1.54) is 0 Å². The number of ether oxygens (including phenoxy) is 5. The lowest BCUT2D eigenvalue weighted by molar-refractivity contribution is -0.158. The Bertz CT molecular complexity index is 1870. The SMILES string of the molecule is CC(C)(C)OC(=O)CCC1(N(CC(=O)OCc2ccccc2)CC(=O)OCc2ccccc2)CN(CC(=O)OCc2ccccc2)CCN(CC(=O)OCc2ccccc2)C1. The van der Waals surface area contributed by atoms with E-state index in [-0.39, 0.29) is 78.5 Å². The fraction of sp³-hybridized carbons (Fsp3) is 0.396. The van der Waals surface area contributed by atoms with Gasteiger partial charge in [0, 0.05) is 38.1 Å². The predicted octanol–water partition coefficient (Wildman–Crippen LogP) is 5.74. The number of esters is 5. The summed E-state index contributed by atoms with van der Waals surface area (Å²) in [5.41, 5.74) is 1.20. The molecule has 0 unspecified atom stereocenters. The molecular weight excluding hydrogens is 779 g/mol. The van der Waals surface area contributed by atoms with E-state index in [1.54, 1.807) is 25.7 Å². The molecule has 1 aliphatic heterocycles. The number of carbonyl (C=O) groups is 5. The van der Waals surface area contributed by atoms with Crippen LogP contribution < -0.4 is 0 Å². The minimum Gasteiger partial charge on any atom is -0.460 e. The second kappa shape index (κ2) is 23.2. The van der Waals surface area contributed by atoms with Crippen LogP contribution in [0, 0.1) is 0 Å². The fourth-order valence-electron chi connectivity index (χ4n) is 7.04. The van der Waals surface area contributed by atoms with E-state index < -0.39 is 41.0 Å². The van der Waals surface area contributed by atoms with Crippen LogP contribution in [0.1, 0.15) is 55.9 Å². The summed E-state index contributed by atoms with van der Waals surface area (Å²) < 4.78 is 28.6. The second-order valence-electron chi connectivity index (χ2n) is 16.2. The van der Waals surface area contributed by atoms with Crippen molar-refractivity contribution in [3.63, 3.8) is 0 Å². The molecule has 1 heterocycles. The lowest BCUT2D eigenvalue weighted by atomic mass is 9.89. The van der Waals surface area contributed by atoms with E-state index in [9.17, 15) is 24.0 Å². The van der Waals surface area contributed by atoms with Gasteiger partial charge in [-0.15, -0.1) is 0 Å². The first kappa shape index (κ1) is 46.2. The summed E-state index contributed by atoms with van der Waals surface area (Å²) in [5.74, 6) is -2.71. The number of nitrogens with zero attached hydrogens (tertiary/aromatic N) is 3. The molecule has 0 radical (unpaired) electrons. The van der Waals surface area contributed by atoms with Gasteiger partial charge in [0.25, 0.3) is 0 Å². The number of benzene rings is 4. The van der Waals surface area contributed by atoms with Gasteiger partial charge in [-0.3, -0.25) is 38.7 Å². The average Bonchev–Trinajstić information content (AvgIpc) is 3.42. The Kier molecular flexibility index (Phi) is 17.6. The summed E-state index contributed by atoms with van der Waals surface area (Å²) >= 11 is 0. The van der Waals surface area contributed by atoms with Crippen molar-refractivity contribution in [1.29, 1.82) is 0 Å². The normalized spacial score (nSPS) is 14.4. The summed E-state index contributed by atoms with van der Waals surface area (Å²) in [6.07, 6.45) is -0.0323. The van der Waals surface area contributed by atoms with E-state index >= 15 is 0 Å². The van der Waals surface area contributed by atoms with E-state index in [0.717, 1.165) is 22.3 Å². The molecule has 0 N–H and O–H groups in total. The van der Waals surface area contributed by atoms with Crippen molar-refractivity contribution in [2.24, 2.45) is 0 Å². The van der Waals surface area contributed by atoms with Gasteiger partial charge in [-0.1, -0.05) is 121 Å². The lowest BCUT2D eigenvalue weighted by Crippen LogP contribution is -2.62. The molecule has 5 rings (SSSR count). The van der Waals surface area contributed by atoms with Crippen LogP contribution in [0.4, 0.5) is 0 Å². The molecule has 13 nitrogen and oxygen atoms in total. The number of hydrogen-bond acceptors (Lipinski definition) is 13. The van der Waals surface area contributed by atoms with Crippen molar-refractivity contribution in [3.8, 4) is 0 Å². The Morgan fingerprint density at radius 3 is 1.16 bits per heavy atom. The van der Waals surface area contributed by atoms with Crippen LogP contribution in [0.15, 0.2) is 121 Å². The highest BCUT2D eigenvalue weighted by Gasteiger charge is 2.45. The standard InChI is InChI=1S/C48H57N3O10/c1-47(2,3)61-42(52)24-25-48(51(30-45(55)59-34-40-20-12-6-13-21-40)31-46(56)60-35-41-22-14-7-15-23-41)36-49(28-43(53)57-32-38-16-8-4-9-17-38)26-27-50(37-48)29-44(54)58-33-39-18-10-5-11-19-39/h4-23H,24-37H2,1-3H3. The van der Waals surface area contributed by atoms with Gasteiger partial charge in [-0.05, 0) is 49.4 Å². The molecule has 1 fully saturated rings. The summed E-state index contributed by atoms with van der Waals surface area (Å²) in [6, 6.07) is 37.1. The third-order valence-electron chi connectivity index (χ3n) is 9.97. The molecule has 13 heteroatoms. The smallest absolute Gasteiger partial charge is 0.320 e. The third kappa shape index (κ3) is 16.6. The molecule has 61 heavy (non-hydrogen) atoms. The molecule has 0 spiro atoms. The van der Waals surface area contributed by atoms with Crippen molar-refractivity contribution in [1.82, 2.24) is 14.7 Å². The highest BCUT2D eigenvalue weighted by atomic mass is 16.6. The van der Waals surface area contributed by atoms with Crippen LogP contribution in [0.2, 0.25) is 0 Å². The summed E-state index contributed by atoms with van der Waals surface area (Å²) in [6.45, 7) is 5.25. The van der Waals surface area contributed by atoms with Crippen molar-refractivity contribution in [3.05, 3.63) is 144 Å². The molecule has 1 aliphatic rings. The zero-order chi connectivity index (χ0) is 43.5. The van der Waals surface area contributed by atoms with Crippen LogP contribution in [0.25, 0.3) is 0 Å². The Hall–Kier alpha value is -5.89. The maximum Gasteiger partial charge on any atom is 0.320 e. The maximum atomic E-state index is 13.9. The van der Waals surface area contributed by atoms with Crippen LogP contribution >= 0.6 is 0 Å². The molecule has 0 bridgehead atoms. The van der Waals surface area contributed by atoms with E-state index in [2.05, 4.69) is 0 Å². The molecular formula is C48H57N3O10. The summed E-state index contributed by atoms with van der Waals surface area (Å²) in [4.78, 5) is 73.6. The summed E-state index contributed by atoms with van der Waals surface area (Å²) in [7, 11) is 0. The Morgan fingerprint density at radius 1 is 0.508 bits per heavy atom. The minimum absolute atomic E-state index is 0.00433. The zero-order valence-electron chi connectivity index (χ0n) is 35.4. The van der Waals surface area contributed by atoms with Gasteiger partial charge in [0.05, 0.1) is 26.2 Å². The molecule has 0 atom stereocenters. The molecule has 0 amide bonds. The van der Waals surface area contributed by atoms with Gasteiger partial charge in [0.15, 0.2) is 0 Å². The molecule has 4 aromatic rings. The highest BCUT2D eigenvalue weighted by Crippen LogP contribution is 2.29. The van der Waals surface area contributed by atoms with Crippen LogP contribution in [0.5, 0.6) is 0 Å². The number of rotatable bonds is 20. The molecule has 0 aromatic heterocycles. The largest absolute Gasteiger partial charge is 0.460 e. The fourth-order valence-corrected chi connectivity index (χ4v) is 7.04. The first-order valence-corrected chi connectivity index (χ1v) is 20.5. The molecule has 1 saturated heterocycles. The van der Waals surface area contributed by atoms with E-state index in [4.69, 9.17) is 23.7 Å². The number of carbonyl (C=O) groups excluding carboxylic acids is 5. The molecule has 4 aromatic carbocycles. The van der Waals surface area contributed by atoms with Gasteiger partial charge in [-0.2, -0.15) is 0 Å². The molecule has 324 valence electrons. The van der Waals surface area contributed by atoms with Crippen molar-refractivity contribution < 1.29 is 47.7 Å². The Morgan fingerprint density at radius 2 is 0.836 bits per heavy atom. The van der Waals surface area contributed by atoms with Crippen molar-refractivity contribution >= 4 is 29.8 Å². The quantitative estimate of drug-likeness (QED) is 0.0791. The van der Waals surface area contributed by atoms with Crippen molar-refractivity contribution in [2.45, 2.75) is 71.2 Å². The zero-order valence-corrected chi connectivity index (χ0v) is 35.4. The maximum absolute atomic E-state index is 13.9. The highest BCUT2D eigenvalue weighted by molar-refractivity contribution is 5.76. The van der Waals surface area contributed by atoms with Gasteiger partial charge in [0.2, 0.25) is 0 Å². The Labute approximate surface area is 358 Å². The van der Waals surface area contributed by atoms with Gasteiger partial charge < -0.3 is 23.7 Å². The number of hydrogen-bond donors (Lipinski definition) is 0. The van der Waals surface area contributed by atoms with Gasteiger partial charge >= 0.3 is 29.8 Å². The first-order chi connectivity index (χ1) is 29.3.